The summed E-state index contributed by atoms with van der Waals surface area (Å²) in [4.78, 5) is 31.7. The van der Waals surface area contributed by atoms with Crippen molar-refractivity contribution < 1.29 is 9.18 Å². The molecule has 8 nitrogen and oxygen atoms in total. The molecule has 0 radical (unpaired) electrons. The Morgan fingerprint density at radius 3 is 2.81 bits per heavy atom. The number of hydrogen-bond acceptors (Lipinski definition) is 5. The number of carbonyl (C=O) groups excluding carboxylic acids is 1. The standard InChI is InChI=1S/C22H25FN6O2/c1-12(13-5-6-13)19-18(20(24)30)21-25-17(7-9-29(21)26-19)28-8-3-4-16(28)15-10-14(23)11-27(2)22(15)31/h7,9-13,16H,3-6,8H2,1-2H3,(H2,24,30)/t12-,16-/m1/s1. The summed E-state index contributed by atoms with van der Waals surface area (Å²) in [7, 11) is 1.55. The summed E-state index contributed by atoms with van der Waals surface area (Å²) in [5.74, 6) is 0.295. The van der Waals surface area contributed by atoms with Crippen molar-refractivity contribution in [1.82, 2.24) is 19.2 Å². The van der Waals surface area contributed by atoms with Crippen molar-refractivity contribution in [3.63, 3.8) is 0 Å². The lowest BCUT2D eigenvalue weighted by Gasteiger charge is -2.26. The van der Waals surface area contributed by atoms with Gasteiger partial charge < -0.3 is 15.2 Å². The molecule has 0 unspecified atom stereocenters. The number of primary amides is 1. The maximum absolute atomic E-state index is 14.0. The summed E-state index contributed by atoms with van der Waals surface area (Å²) in [6.07, 6.45) is 6.78. The average molecular weight is 424 g/mol. The van der Waals surface area contributed by atoms with Gasteiger partial charge in [0.25, 0.3) is 11.5 Å². The van der Waals surface area contributed by atoms with Crippen LogP contribution >= 0.6 is 0 Å². The third kappa shape index (κ3) is 3.28. The number of fused-ring (bicyclic) bond motifs is 1. The van der Waals surface area contributed by atoms with E-state index in [2.05, 4.69) is 12.0 Å². The van der Waals surface area contributed by atoms with Gasteiger partial charge in [-0.3, -0.25) is 9.59 Å². The Kier molecular flexibility index (Phi) is 4.56. The van der Waals surface area contributed by atoms with E-state index in [1.54, 1.807) is 17.8 Å². The molecule has 3 aromatic rings. The molecule has 3 aromatic heterocycles. The molecular formula is C22H25FN6O2. The van der Waals surface area contributed by atoms with Crippen LogP contribution < -0.4 is 16.2 Å². The fourth-order valence-electron chi connectivity index (χ4n) is 4.77. The third-order valence-corrected chi connectivity index (χ3v) is 6.59. The number of nitrogens with two attached hydrogens (primary N) is 1. The molecule has 1 saturated carbocycles. The predicted molar refractivity (Wildman–Crippen MR) is 114 cm³/mol. The number of amides is 1. The summed E-state index contributed by atoms with van der Waals surface area (Å²) in [5, 5.41) is 4.61. The summed E-state index contributed by atoms with van der Waals surface area (Å²) < 4.78 is 16.9. The van der Waals surface area contributed by atoms with Crippen molar-refractivity contribution in [2.24, 2.45) is 18.7 Å². The highest BCUT2D eigenvalue weighted by atomic mass is 19.1. The van der Waals surface area contributed by atoms with Gasteiger partial charge in [0.1, 0.15) is 17.2 Å². The lowest BCUT2D eigenvalue weighted by Crippen LogP contribution is -2.31. The second-order valence-electron chi connectivity index (χ2n) is 8.69. The minimum absolute atomic E-state index is 0.141. The fraction of sp³-hybridized carbons (Fsp3) is 0.455. The number of anilines is 1. The number of hydrogen-bond donors (Lipinski definition) is 1. The lowest BCUT2D eigenvalue weighted by molar-refractivity contribution is 0.1000. The van der Waals surface area contributed by atoms with Crippen LogP contribution in [0.25, 0.3) is 5.65 Å². The Hall–Kier alpha value is -3.23. The van der Waals surface area contributed by atoms with Crippen molar-refractivity contribution in [3.05, 3.63) is 57.5 Å². The first kappa shape index (κ1) is 19.7. The third-order valence-electron chi connectivity index (χ3n) is 6.59. The Labute approximate surface area is 178 Å². The van der Waals surface area contributed by atoms with Crippen LogP contribution in [0.5, 0.6) is 0 Å². The zero-order valence-corrected chi connectivity index (χ0v) is 17.6. The van der Waals surface area contributed by atoms with Crippen molar-refractivity contribution in [3.8, 4) is 0 Å². The van der Waals surface area contributed by atoms with Crippen LogP contribution in [0.3, 0.4) is 0 Å². The predicted octanol–water partition coefficient (Wildman–Crippen LogP) is 2.52. The average Bonchev–Trinajstić information content (AvgIpc) is 3.33. The molecule has 5 rings (SSSR count). The van der Waals surface area contributed by atoms with Gasteiger partial charge in [-0.2, -0.15) is 5.10 Å². The molecule has 4 heterocycles. The van der Waals surface area contributed by atoms with Gasteiger partial charge >= 0.3 is 0 Å². The van der Waals surface area contributed by atoms with Gasteiger partial charge in [-0.05, 0) is 43.7 Å². The molecule has 2 N–H and O–H groups in total. The molecule has 0 bridgehead atoms. The largest absolute Gasteiger partial charge is 0.365 e. The normalized spacial score (nSPS) is 19.8. The topological polar surface area (TPSA) is 98.5 Å². The summed E-state index contributed by atoms with van der Waals surface area (Å²) in [5.41, 5.74) is 7.39. The van der Waals surface area contributed by atoms with Crippen LogP contribution in [0.4, 0.5) is 10.2 Å². The highest BCUT2D eigenvalue weighted by molar-refractivity contribution is 6.00. The Morgan fingerprint density at radius 2 is 2.10 bits per heavy atom. The molecule has 0 aromatic carbocycles. The van der Waals surface area contributed by atoms with E-state index in [1.807, 2.05) is 11.0 Å². The van der Waals surface area contributed by atoms with Gasteiger partial charge in [-0.1, -0.05) is 6.92 Å². The second kappa shape index (κ2) is 7.18. The van der Waals surface area contributed by atoms with Crippen molar-refractivity contribution in [1.29, 1.82) is 0 Å². The Bertz CT molecular complexity index is 1240. The highest BCUT2D eigenvalue weighted by Gasteiger charge is 2.35. The van der Waals surface area contributed by atoms with Crippen LogP contribution in [0, 0.1) is 11.7 Å². The number of rotatable bonds is 5. The summed E-state index contributed by atoms with van der Waals surface area (Å²) in [6.45, 7) is 2.75. The lowest BCUT2D eigenvalue weighted by atomic mass is 9.98. The van der Waals surface area contributed by atoms with Crippen LogP contribution in [-0.4, -0.2) is 31.6 Å². The van der Waals surface area contributed by atoms with E-state index in [9.17, 15) is 14.0 Å². The van der Waals surface area contributed by atoms with Gasteiger partial charge in [0, 0.05) is 37.5 Å². The van der Waals surface area contributed by atoms with E-state index >= 15 is 0 Å². The van der Waals surface area contributed by atoms with Gasteiger partial charge in [0.15, 0.2) is 5.65 Å². The Balaban J connectivity index is 1.59. The molecular weight excluding hydrogens is 399 g/mol. The van der Waals surface area contributed by atoms with Crippen molar-refractivity contribution in [2.45, 2.75) is 44.6 Å². The molecule has 162 valence electrons. The zero-order chi connectivity index (χ0) is 21.9. The molecule has 2 aliphatic rings. The van der Waals surface area contributed by atoms with Crippen LogP contribution in [0.1, 0.15) is 66.2 Å². The van der Waals surface area contributed by atoms with E-state index in [0.29, 0.717) is 40.7 Å². The van der Waals surface area contributed by atoms with E-state index in [4.69, 9.17) is 10.7 Å². The quantitative estimate of drug-likeness (QED) is 0.679. The number of nitrogens with zero attached hydrogens (tertiary/aromatic N) is 5. The van der Waals surface area contributed by atoms with Crippen molar-refractivity contribution >= 4 is 17.4 Å². The second-order valence-corrected chi connectivity index (χ2v) is 8.69. The minimum atomic E-state index is -0.542. The molecule has 1 aliphatic heterocycles. The van der Waals surface area contributed by atoms with E-state index < -0.39 is 11.7 Å². The van der Waals surface area contributed by atoms with Gasteiger partial charge in [0.05, 0.1) is 11.7 Å². The maximum atomic E-state index is 14.0. The molecule has 2 fully saturated rings. The van der Waals surface area contributed by atoms with Gasteiger partial charge in [0.2, 0.25) is 0 Å². The minimum Gasteiger partial charge on any atom is -0.365 e. The molecule has 9 heteroatoms. The smallest absolute Gasteiger partial charge is 0.255 e. The molecule has 0 spiro atoms. The molecule has 1 saturated heterocycles. The summed E-state index contributed by atoms with van der Waals surface area (Å²) >= 11 is 0. The zero-order valence-electron chi connectivity index (χ0n) is 17.6. The number of aryl methyl sites for hydroxylation is 1. The van der Waals surface area contributed by atoms with E-state index in [1.165, 1.54) is 16.8 Å². The number of pyridine rings is 1. The van der Waals surface area contributed by atoms with E-state index in [0.717, 1.165) is 25.7 Å². The van der Waals surface area contributed by atoms with Crippen molar-refractivity contribution in [2.75, 3.05) is 11.4 Å². The van der Waals surface area contributed by atoms with Gasteiger partial charge in [-0.25, -0.2) is 13.9 Å². The van der Waals surface area contributed by atoms with Crippen LogP contribution in [-0.2, 0) is 7.05 Å². The fourth-order valence-corrected chi connectivity index (χ4v) is 4.77. The van der Waals surface area contributed by atoms with E-state index in [-0.39, 0.29) is 17.5 Å². The number of halogens is 1. The first-order valence-electron chi connectivity index (χ1n) is 10.7. The SMILES string of the molecule is C[C@@H](c1nn2ccc(N3CCC[C@@H]3c3cc(F)cn(C)c3=O)nc2c1C(N)=O)C1CC1. The van der Waals surface area contributed by atoms with Gasteiger partial charge in [-0.15, -0.1) is 0 Å². The number of carbonyl (C=O) groups is 1. The maximum Gasteiger partial charge on any atom is 0.255 e. The van der Waals surface area contributed by atoms with Crippen LogP contribution in [0.2, 0.25) is 0 Å². The molecule has 1 aliphatic carbocycles. The molecule has 2 atom stereocenters. The van der Waals surface area contributed by atoms with Crippen LogP contribution in [0.15, 0.2) is 29.3 Å². The molecule has 31 heavy (non-hydrogen) atoms. The first-order valence-corrected chi connectivity index (χ1v) is 10.7. The summed E-state index contributed by atoms with van der Waals surface area (Å²) in [6, 6.07) is 2.85. The highest BCUT2D eigenvalue weighted by Crippen LogP contribution is 2.43. The monoisotopic (exact) mass is 424 g/mol. The molecule has 1 amide bonds. The first-order chi connectivity index (χ1) is 14.8. The Morgan fingerprint density at radius 1 is 1.32 bits per heavy atom. The number of aromatic nitrogens is 4.